The number of halogens is 2. The lowest BCUT2D eigenvalue weighted by Crippen LogP contribution is -2.30. The average Bonchev–Trinajstić information content (AvgIpc) is 3.02. The Morgan fingerprint density at radius 2 is 2.17 bits per heavy atom. The summed E-state index contributed by atoms with van der Waals surface area (Å²) < 4.78 is 41.6. The van der Waals surface area contributed by atoms with Crippen molar-refractivity contribution in [3.05, 3.63) is 47.7 Å². The van der Waals surface area contributed by atoms with Crippen LogP contribution in [0, 0.1) is 11.6 Å². The fraction of sp³-hybridized carbons (Fsp3) is 0.333. The molecule has 0 spiro atoms. The van der Waals surface area contributed by atoms with Gasteiger partial charge in [-0.05, 0) is 12.1 Å². The Kier molecular flexibility index (Phi) is 5.64. The zero-order chi connectivity index (χ0) is 16.8. The molecule has 1 amide bonds. The number of aromatic nitrogens is 1. The molecule has 0 atom stereocenters. The Balaban J connectivity index is 1.97. The van der Waals surface area contributed by atoms with E-state index < -0.39 is 11.6 Å². The maximum atomic E-state index is 13.4. The van der Waals surface area contributed by atoms with Gasteiger partial charge in [-0.1, -0.05) is 6.07 Å². The Morgan fingerprint density at radius 3 is 2.91 bits per heavy atom. The van der Waals surface area contributed by atoms with E-state index in [0.29, 0.717) is 13.2 Å². The molecule has 0 saturated carbocycles. The predicted molar refractivity (Wildman–Crippen MR) is 76.0 cm³/mol. The molecule has 0 N–H and O–H groups in total. The molecule has 0 saturated heterocycles. The molecule has 2 aromatic rings. The smallest absolute Gasteiger partial charge is 0.275 e. The van der Waals surface area contributed by atoms with Gasteiger partial charge in [-0.3, -0.25) is 4.79 Å². The van der Waals surface area contributed by atoms with Crippen LogP contribution in [0.3, 0.4) is 0 Å². The summed E-state index contributed by atoms with van der Waals surface area (Å²) in [6.07, 6.45) is 1.19. The first-order chi connectivity index (χ1) is 11.0. The molecule has 1 heterocycles. The number of ether oxygens (including phenoxy) is 2. The van der Waals surface area contributed by atoms with Crippen LogP contribution < -0.4 is 4.74 Å². The van der Waals surface area contributed by atoms with Crippen LogP contribution in [0.4, 0.5) is 8.78 Å². The van der Waals surface area contributed by atoms with Crippen molar-refractivity contribution in [2.75, 3.05) is 27.3 Å². The molecule has 1 aromatic heterocycles. The molecule has 0 aliphatic carbocycles. The van der Waals surface area contributed by atoms with Gasteiger partial charge in [0.05, 0.1) is 6.61 Å². The monoisotopic (exact) mass is 326 g/mol. The number of likely N-dealkylation sites (N-methyl/N-ethyl adjacent to an activating group) is 1. The van der Waals surface area contributed by atoms with E-state index in [4.69, 9.17) is 13.9 Å². The fourth-order valence-corrected chi connectivity index (χ4v) is 1.74. The number of oxazole rings is 1. The Labute approximate surface area is 131 Å². The van der Waals surface area contributed by atoms with Gasteiger partial charge in [0.25, 0.3) is 5.91 Å². The third-order valence-corrected chi connectivity index (χ3v) is 3.02. The van der Waals surface area contributed by atoms with Crippen molar-refractivity contribution in [2.45, 2.75) is 6.61 Å². The van der Waals surface area contributed by atoms with Gasteiger partial charge in [-0.25, -0.2) is 9.37 Å². The molecule has 0 bridgehead atoms. The summed E-state index contributed by atoms with van der Waals surface area (Å²) in [4.78, 5) is 17.4. The molecule has 0 unspecified atom stereocenters. The number of benzene rings is 1. The Morgan fingerprint density at radius 1 is 1.39 bits per heavy atom. The van der Waals surface area contributed by atoms with Gasteiger partial charge >= 0.3 is 0 Å². The molecule has 0 aliphatic heterocycles. The van der Waals surface area contributed by atoms with Gasteiger partial charge in [0.15, 0.2) is 23.9 Å². The van der Waals surface area contributed by atoms with Crippen LogP contribution in [0.15, 0.2) is 28.9 Å². The molecular formula is C15H16F2N2O4. The maximum absolute atomic E-state index is 13.4. The molecule has 8 heteroatoms. The van der Waals surface area contributed by atoms with E-state index in [-0.39, 0.29) is 29.8 Å². The molecule has 6 nitrogen and oxygen atoms in total. The third kappa shape index (κ3) is 4.26. The molecule has 0 aliphatic rings. The van der Waals surface area contributed by atoms with Crippen LogP contribution in [0.1, 0.15) is 16.4 Å². The van der Waals surface area contributed by atoms with E-state index in [9.17, 15) is 13.6 Å². The average molecular weight is 326 g/mol. The molecule has 1 aromatic carbocycles. The summed E-state index contributed by atoms with van der Waals surface area (Å²) in [5.74, 6) is -2.61. The highest BCUT2D eigenvalue weighted by molar-refractivity contribution is 5.91. The lowest BCUT2D eigenvalue weighted by Gasteiger charge is -2.14. The lowest BCUT2D eigenvalue weighted by molar-refractivity contribution is 0.0738. The van der Waals surface area contributed by atoms with Gasteiger partial charge in [0.2, 0.25) is 11.7 Å². The van der Waals surface area contributed by atoms with Crippen molar-refractivity contribution in [3.63, 3.8) is 0 Å². The zero-order valence-electron chi connectivity index (χ0n) is 12.7. The highest BCUT2D eigenvalue weighted by atomic mass is 19.2. The number of carbonyl (C=O) groups is 1. The van der Waals surface area contributed by atoms with Crippen LogP contribution >= 0.6 is 0 Å². The van der Waals surface area contributed by atoms with E-state index in [1.807, 2.05) is 0 Å². The number of carbonyl (C=O) groups excluding carboxylic acids is 1. The molecule has 0 radical (unpaired) electrons. The standard InChI is InChI=1S/C15H16F2N2O4/c1-19(6-7-21-2)15(20)11-8-23-13(18-11)9-22-12-5-3-4-10(16)14(12)17/h3-5,8H,6-7,9H2,1-2H3. The van der Waals surface area contributed by atoms with Crippen molar-refractivity contribution in [1.82, 2.24) is 9.88 Å². The van der Waals surface area contributed by atoms with Crippen molar-refractivity contribution < 1.29 is 27.5 Å². The quantitative estimate of drug-likeness (QED) is 0.781. The number of nitrogens with zero attached hydrogens (tertiary/aromatic N) is 2. The van der Waals surface area contributed by atoms with Gasteiger partial charge < -0.3 is 18.8 Å². The lowest BCUT2D eigenvalue weighted by atomic mass is 10.3. The van der Waals surface area contributed by atoms with Crippen LogP contribution in [0.5, 0.6) is 5.75 Å². The molecular weight excluding hydrogens is 310 g/mol. The van der Waals surface area contributed by atoms with Crippen molar-refractivity contribution in [2.24, 2.45) is 0 Å². The molecule has 23 heavy (non-hydrogen) atoms. The van der Waals surface area contributed by atoms with Crippen LogP contribution in [0.2, 0.25) is 0 Å². The van der Waals surface area contributed by atoms with Crippen LogP contribution in [-0.4, -0.2) is 43.1 Å². The van der Waals surface area contributed by atoms with Gasteiger partial charge in [0, 0.05) is 20.7 Å². The minimum absolute atomic E-state index is 0.0807. The number of hydrogen-bond donors (Lipinski definition) is 0. The van der Waals surface area contributed by atoms with E-state index >= 15 is 0 Å². The largest absolute Gasteiger partial charge is 0.481 e. The highest BCUT2D eigenvalue weighted by Gasteiger charge is 2.17. The van der Waals surface area contributed by atoms with Crippen molar-refractivity contribution in [3.8, 4) is 5.75 Å². The van der Waals surface area contributed by atoms with E-state index in [1.54, 1.807) is 7.05 Å². The number of rotatable bonds is 7. The van der Waals surface area contributed by atoms with E-state index in [2.05, 4.69) is 4.98 Å². The predicted octanol–water partition coefficient (Wildman–Crippen LogP) is 2.25. The van der Waals surface area contributed by atoms with E-state index in [1.165, 1.54) is 30.4 Å². The highest BCUT2D eigenvalue weighted by Crippen LogP contribution is 2.20. The normalized spacial score (nSPS) is 10.6. The molecule has 124 valence electrons. The van der Waals surface area contributed by atoms with E-state index in [0.717, 1.165) is 6.07 Å². The first kappa shape index (κ1) is 16.9. The first-order valence-electron chi connectivity index (χ1n) is 6.78. The minimum atomic E-state index is -1.09. The summed E-state index contributed by atoms with van der Waals surface area (Å²) in [5, 5.41) is 0. The topological polar surface area (TPSA) is 64.8 Å². The Bertz CT molecular complexity index is 675. The zero-order valence-corrected chi connectivity index (χ0v) is 12.7. The number of hydrogen-bond acceptors (Lipinski definition) is 5. The van der Waals surface area contributed by atoms with Crippen LogP contribution in [-0.2, 0) is 11.3 Å². The second-order valence-electron chi connectivity index (χ2n) is 4.69. The first-order valence-corrected chi connectivity index (χ1v) is 6.78. The molecule has 2 rings (SSSR count). The molecule has 0 fully saturated rings. The second-order valence-corrected chi connectivity index (χ2v) is 4.69. The number of methoxy groups -OCH3 is 1. The fourth-order valence-electron chi connectivity index (χ4n) is 1.74. The summed E-state index contributed by atoms with van der Waals surface area (Å²) in [6, 6.07) is 3.59. The minimum Gasteiger partial charge on any atom is -0.481 e. The second kappa shape index (κ2) is 7.68. The van der Waals surface area contributed by atoms with Crippen molar-refractivity contribution in [1.29, 1.82) is 0 Å². The third-order valence-electron chi connectivity index (χ3n) is 3.02. The number of amides is 1. The summed E-state index contributed by atoms with van der Waals surface area (Å²) in [7, 11) is 3.14. The summed E-state index contributed by atoms with van der Waals surface area (Å²) >= 11 is 0. The van der Waals surface area contributed by atoms with Gasteiger partial charge in [0.1, 0.15) is 6.26 Å². The Hall–Kier alpha value is -2.48. The summed E-state index contributed by atoms with van der Waals surface area (Å²) in [5.41, 5.74) is 0.0990. The van der Waals surface area contributed by atoms with Gasteiger partial charge in [-0.2, -0.15) is 4.39 Å². The van der Waals surface area contributed by atoms with Gasteiger partial charge in [-0.15, -0.1) is 0 Å². The maximum Gasteiger partial charge on any atom is 0.275 e. The van der Waals surface area contributed by atoms with Crippen LogP contribution in [0.25, 0.3) is 0 Å². The summed E-state index contributed by atoms with van der Waals surface area (Å²) in [6.45, 7) is 0.576. The van der Waals surface area contributed by atoms with Crippen molar-refractivity contribution >= 4 is 5.91 Å². The SMILES string of the molecule is COCCN(C)C(=O)c1coc(COc2cccc(F)c2F)n1.